The third kappa shape index (κ3) is 4.62. The van der Waals surface area contributed by atoms with Gasteiger partial charge in [0, 0.05) is 19.0 Å². The molecule has 1 aliphatic carbocycles. The molecule has 0 aromatic rings. The highest BCUT2D eigenvalue weighted by Crippen LogP contribution is 2.18. The second kappa shape index (κ2) is 7.06. The van der Waals surface area contributed by atoms with E-state index in [9.17, 15) is 9.90 Å². The number of carbonyl (C=O) groups excluding carboxylic acids is 1. The zero-order valence-corrected chi connectivity index (χ0v) is 11.8. The average molecular weight is 266 g/mol. The molecule has 1 unspecified atom stereocenters. The summed E-state index contributed by atoms with van der Waals surface area (Å²) >= 11 is 0. The van der Waals surface area contributed by atoms with E-state index in [-0.39, 0.29) is 11.8 Å². The van der Waals surface area contributed by atoms with E-state index in [1.165, 1.54) is 12.8 Å². The highest BCUT2D eigenvalue weighted by Gasteiger charge is 2.21. The third-order valence-electron chi connectivity index (χ3n) is 4.24. The predicted molar refractivity (Wildman–Crippen MR) is 75.7 cm³/mol. The maximum absolute atomic E-state index is 11.8. The zero-order valence-electron chi connectivity index (χ0n) is 11.8. The van der Waals surface area contributed by atoms with E-state index in [1.54, 1.807) is 0 Å². The van der Waals surface area contributed by atoms with E-state index in [1.807, 2.05) is 0 Å². The van der Waals surface area contributed by atoms with Gasteiger partial charge in [0.15, 0.2) is 0 Å². The molecule has 0 saturated carbocycles. The fourth-order valence-electron chi connectivity index (χ4n) is 2.80. The summed E-state index contributed by atoms with van der Waals surface area (Å²) < 4.78 is 0. The van der Waals surface area contributed by atoms with E-state index in [0.717, 1.165) is 31.8 Å². The molecule has 0 aromatic carbocycles. The summed E-state index contributed by atoms with van der Waals surface area (Å²) in [6.07, 6.45) is 7.76. The number of hydrogen-bond acceptors (Lipinski definition) is 3. The van der Waals surface area contributed by atoms with Gasteiger partial charge in [-0.2, -0.15) is 0 Å². The molecule has 4 nitrogen and oxygen atoms in total. The van der Waals surface area contributed by atoms with Gasteiger partial charge in [0.2, 0.25) is 5.91 Å². The standard InChI is InChI=1S/C15H26N2O2/c1-12-6-8-17(9-7-12)11-14(18)10-16-15(19)13-4-2-3-5-13/h2-3,12-14,18H,4-11H2,1H3,(H,16,19). The van der Waals surface area contributed by atoms with Crippen molar-refractivity contribution in [3.8, 4) is 0 Å². The Hall–Kier alpha value is -0.870. The molecule has 0 aromatic heterocycles. The number of aliphatic hydroxyl groups is 1. The number of nitrogens with one attached hydrogen (secondary N) is 1. The van der Waals surface area contributed by atoms with E-state index >= 15 is 0 Å². The first-order chi connectivity index (χ1) is 9.15. The Balaban J connectivity index is 1.61. The molecule has 0 bridgehead atoms. The molecule has 108 valence electrons. The molecule has 1 atom stereocenters. The number of hydrogen-bond donors (Lipinski definition) is 2. The fraction of sp³-hybridized carbons (Fsp3) is 0.800. The van der Waals surface area contributed by atoms with Crippen molar-refractivity contribution in [2.75, 3.05) is 26.2 Å². The van der Waals surface area contributed by atoms with Crippen LogP contribution < -0.4 is 5.32 Å². The van der Waals surface area contributed by atoms with Crippen molar-refractivity contribution in [1.29, 1.82) is 0 Å². The zero-order chi connectivity index (χ0) is 13.7. The lowest BCUT2D eigenvalue weighted by Gasteiger charge is -2.31. The first kappa shape index (κ1) is 14.5. The van der Waals surface area contributed by atoms with Crippen molar-refractivity contribution >= 4 is 5.91 Å². The number of amides is 1. The van der Waals surface area contributed by atoms with Crippen LogP contribution in [0.3, 0.4) is 0 Å². The second-order valence-electron chi connectivity index (χ2n) is 6.02. The summed E-state index contributed by atoms with van der Waals surface area (Å²) in [5.41, 5.74) is 0. The quantitative estimate of drug-likeness (QED) is 0.734. The lowest BCUT2D eigenvalue weighted by Crippen LogP contribution is -2.43. The molecular formula is C15H26N2O2. The van der Waals surface area contributed by atoms with E-state index in [0.29, 0.717) is 13.1 Å². The van der Waals surface area contributed by atoms with Gasteiger partial charge in [0.25, 0.3) is 0 Å². The number of aliphatic hydroxyl groups excluding tert-OH is 1. The second-order valence-corrected chi connectivity index (χ2v) is 6.02. The van der Waals surface area contributed by atoms with Gasteiger partial charge >= 0.3 is 0 Å². The van der Waals surface area contributed by atoms with Crippen molar-refractivity contribution in [2.45, 2.75) is 38.7 Å². The fourth-order valence-corrected chi connectivity index (χ4v) is 2.80. The minimum absolute atomic E-state index is 0.0799. The van der Waals surface area contributed by atoms with Gasteiger partial charge in [-0.15, -0.1) is 0 Å². The average Bonchev–Trinajstić information content (AvgIpc) is 2.93. The van der Waals surface area contributed by atoms with Crippen LogP contribution in [0.4, 0.5) is 0 Å². The normalized spacial score (nSPS) is 23.7. The van der Waals surface area contributed by atoms with Crippen LogP contribution >= 0.6 is 0 Å². The van der Waals surface area contributed by atoms with Gasteiger partial charge in [-0.05, 0) is 44.7 Å². The Morgan fingerprint density at radius 1 is 1.37 bits per heavy atom. The largest absolute Gasteiger partial charge is 0.390 e. The first-order valence-corrected chi connectivity index (χ1v) is 7.48. The summed E-state index contributed by atoms with van der Waals surface area (Å²) in [5, 5.41) is 12.9. The molecule has 4 heteroatoms. The number of likely N-dealkylation sites (tertiary alicyclic amines) is 1. The van der Waals surface area contributed by atoms with E-state index in [2.05, 4.69) is 29.3 Å². The van der Waals surface area contributed by atoms with Crippen molar-refractivity contribution in [3.63, 3.8) is 0 Å². The Morgan fingerprint density at radius 3 is 2.63 bits per heavy atom. The van der Waals surface area contributed by atoms with Crippen LogP contribution in [0.5, 0.6) is 0 Å². The van der Waals surface area contributed by atoms with Gasteiger partial charge in [-0.3, -0.25) is 4.79 Å². The van der Waals surface area contributed by atoms with E-state index < -0.39 is 6.10 Å². The first-order valence-electron chi connectivity index (χ1n) is 7.48. The number of nitrogens with zero attached hydrogens (tertiary/aromatic N) is 1. The third-order valence-corrected chi connectivity index (χ3v) is 4.24. The van der Waals surface area contributed by atoms with Gasteiger partial charge in [-0.1, -0.05) is 19.1 Å². The predicted octanol–water partition coefficient (Wildman–Crippen LogP) is 1.16. The van der Waals surface area contributed by atoms with Crippen LogP contribution in [-0.4, -0.2) is 48.2 Å². The summed E-state index contributed by atoms with van der Waals surface area (Å²) in [4.78, 5) is 14.1. The van der Waals surface area contributed by atoms with Crippen LogP contribution in [0, 0.1) is 11.8 Å². The lowest BCUT2D eigenvalue weighted by atomic mass is 9.99. The summed E-state index contributed by atoms with van der Waals surface area (Å²) in [6.45, 7) is 5.47. The molecule has 0 spiro atoms. The maximum atomic E-state index is 11.8. The van der Waals surface area contributed by atoms with Crippen molar-refractivity contribution < 1.29 is 9.90 Å². The highest BCUT2D eigenvalue weighted by molar-refractivity contribution is 5.79. The molecule has 1 heterocycles. The molecule has 1 aliphatic heterocycles. The topological polar surface area (TPSA) is 52.6 Å². The minimum Gasteiger partial charge on any atom is -0.390 e. The molecule has 2 N–H and O–H groups in total. The Bertz CT molecular complexity index is 314. The van der Waals surface area contributed by atoms with Gasteiger partial charge in [-0.25, -0.2) is 0 Å². The molecule has 1 fully saturated rings. The maximum Gasteiger partial charge on any atom is 0.223 e. The molecule has 2 aliphatic rings. The summed E-state index contributed by atoms with van der Waals surface area (Å²) in [6, 6.07) is 0. The summed E-state index contributed by atoms with van der Waals surface area (Å²) in [7, 11) is 0. The lowest BCUT2D eigenvalue weighted by molar-refractivity contribution is -0.125. The van der Waals surface area contributed by atoms with Crippen LogP contribution in [0.25, 0.3) is 0 Å². The smallest absolute Gasteiger partial charge is 0.223 e. The molecular weight excluding hydrogens is 240 g/mol. The number of piperidine rings is 1. The van der Waals surface area contributed by atoms with Gasteiger partial charge < -0.3 is 15.3 Å². The van der Waals surface area contributed by atoms with Crippen LogP contribution in [-0.2, 0) is 4.79 Å². The minimum atomic E-state index is -0.452. The van der Waals surface area contributed by atoms with Crippen LogP contribution in [0.15, 0.2) is 12.2 Å². The highest BCUT2D eigenvalue weighted by atomic mass is 16.3. The number of rotatable bonds is 5. The van der Waals surface area contributed by atoms with Crippen molar-refractivity contribution in [2.24, 2.45) is 11.8 Å². The van der Waals surface area contributed by atoms with Crippen LogP contribution in [0.1, 0.15) is 32.6 Å². The SMILES string of the molecule is CC1CCN(CC(O)CNC(=O)C2CC=CC2)CC1. The molecule has 1 amide bonds. The number of carbonyl (C=O) groups is 1. The molecule has 2 rings (SSSR count). The monoisotopic (exact) mass is 266 g/mol. The number of allylic oxidation sites excluding steroid dienone is 2. The molecule has 19 heavy (non-hydrogen) atoms. The Morgan fingerprint density at radius 2 is 2.00 bits per heavy atom. The summed E-state index contributed by atoms with van der Waals surface area (Å²) in [5.74, 6) is 0.974. The van der Waals surface area contributed by atoms with E-state index in [4.69, 9.17) is 0 Å². The molecule has 1 saturated heterocycles. The van der Waals surface area contributed by atoms with Gasteiger partial charge in [0.05, 0.1) is 6.10 Å². The van der Waals surface area contributed by atoms with Crippen molar-refractivity contribution in [3.05, 3.63) is 12.2 Å². The Kier molecular flexibility index (Phi) is 5.40. The van der Waals surface area contributed by atoms with Crippen molar-refractivity contribution in [1.82, 2.24) is 10.2 Å². The van der Waals surface area contributed by atoms with Crippen LogP contribution in [0.2, 0.25) is 0 Å². The Labute approximate surface area is 115 Å². The van der Waals surface area contributed by atoms with Gasteiger partial charge in [0.1, 0.15) is 0 Å². The molecule has 0 radical (unpaired) electrons. The number of β-amino-alcohol motifs (C(OH)–C–C–N with tert-alkyl or cyclic N) is 1.